The fourth-order valence-corrected chi connectivity index (χ4v) is 3.72. The van der Waals surface area contributed by atoms with E-state index in [1.54, 1.807) is 0 Å². The van der Waals surface area contributed by atoms with Crippen molar-refractivity contribution >= 4 is 5.91 Å². The van der Waals surface area contributed by atoms with Gasteiger partial charge in [0, 0.05) is 45.2 Å². The third-order valence-corrected chi connectivity index (χ3v) is 5.41. The highest BCUT2D eigenvalue weighted by atomic mass is 16.5. The van der Waals surface area contributed by atoms with Crippen LogP contribution in [0.4, 0.5) is 0 Å². The average molecular weight is 396 g/mol. The molecule has 0 aromatic heterocycles. The van der Waals surface area contributed by atoms with Gasteiger partial charge in [0.25, 0.3) is 0 Å². The number of nitrogens with one attached hydrogen (secondary N) is 1. The number of ether oxygens (including phenoxy) is 1. The summed E-state index contributed by atoms with van der Waals surface area (Å²) in [5, 5.41) is 2.95. The molecule has 3 rings (SSSR count). The summed E-state index contributed by atoms with van der Waals surface area (Å²) >= 11 is 0. The third kappa shape index (κ3) is 7.61. The van der Waals surface area contributed by atoms with Crippen LogP contribution in [0.15, 0.2) is 60.7 Å². The van der Waals surface area contributed by atoms with E-state index in [2.05, 4.69) is 40.5 Å². The molecule has 5 heteroatoms. The fraction of sp³-hybridized carbons (Fsp3) is 0.458. The summed E-state index contributed by atoms with van der Waals surface area (Å²) in [4.78, 5) is 14.5. The number of rotatable bonds is 10. The smallest absolute Gasteiger partial charge is 0.221 e. The van der Waals surface area contributed by atoms with Gasteiger partial charge in [-0.05, 0) is 30.4 Å². The summed E-state index contributed by atoms with van der Waals surface area (Å²) in [6, 6.07) is 20.1. The molecule has 0 radical (unpaired) electrons. The summed E-state index contributed by atoms with van der Waals surface area (Å²) in [6.45, 7) is 4.49. The maximum absolute atomic E-state index is 12.0. The molecule has 2 aromatic carbocycles. The van der Waals surface area contributed by atoms with E-state index >= 15 is 0 Å². The Bertz CT molecular complexity index is 715. The summed E-state index contributed by atoms with van der Waals surface area (Å²) in [5.74, 6) is -0.00410. The average Bonchev–Trinajstić information content (AvgIpc) is 2.76. The summed E-state index contributed by atoms with van der Waals surface area (Å²) < 4.78 is 6.01. The minimum absolute atomic E-state index is 0.00410. The van der Waals surface area contributed by atoms with Crippen molar-refractivity contribution in [2.24, 2.45) is 5.73 Å². The number of hydrogen-bond acceptors (Lipinski definition) is 4. The first kappa shape index (κ1) is 21.5. The van der Waals surface area contributed by atoms with Crippen molar-refractivity contribution in [1.29, 1.82) is 0 Å². The van der Waals surface area contributed by atoms with Gasteiger partial charge in [0.2, 0.25) is 5.91 Å². The van der Waals surface area contributed by atoms with Gasteiger partial charge in [0.05, 0.1) is 6.10 Å². The van der Waals surface area contributed by atoms with Gasteiger partial charge < -0.3 is 15.8 Å². The zero-order valence-electron chi connectivity index (χ0n) is 17.1. The largest absolute Gasteiger partial charge is 0.378 e. The van der Waals surface area contributed by atoms with Crippen LogP contribution < -0.4 is 11.1 Å². The molecule has 1 fully saturated rings. The van der Waals surface area contributed by atoms with Crippen molar-refractivity contribution in [2.75, 3.05) is 26.2 Å². The van der Waals surface area contributed by atoms with Crippen LogP contribution in [-0.2, 0) is 16.1 Å². The molecule has 1 amide bonds. The first-order chi connectivity index (χ1) is 14.2. The lowest BCUT2D eigenvalue weighted by Gasteiger charge is -2.32. The fourth-order valence-electron chi connectivity index (χ4n) is 3.72. The maximum Gasteiger partial charge on any atom is 0.221 e. The molecule has 29 heavy (non-hydrogen) atoms. The molecular formula is C24H33N3O2. The van der Waals surface area contributed by atoms with Crippen LogP contribution >= 0.6 is 0 Å². The van der Waals surface area contributed by atoms with E-state index in [4.69, 9.17) is 10.5 Å². The van der Waals surface area contributed by atoms with Gasteiger partial charge in [0.1, 0.15) is 0 Å². The Hall–Kier alpha value is -2.21. The summed E-state index contributed by atoms with van der Waals surface area (Å²) in [7, 11) is 0. The van der Waals surface area contributed by atoms with Gasteiger partial charge >= 0.3 is 0 Å². The van der Waals surface area contributed by atoms with Crippen LogP contribution in [0.3, 0.4) is 0 Å². The van der Waals surface area contributed by atoms with Gasteiger partial charge in [-0.15, -0.1) is 0 Å². The number of nitrogens with zero attached hydrogens (tertiary/aromatic N) is 1. The number of carbonyl (C=O) groups excluding carboxylic acids is 1. The van der Waals surface area contributed by atoms with Crippen molar-refractivity contribution in [1.82, 2.24) is 10.2 Å². The van der Waals surface area contributed by atoms with Crippen LogP contribution in [0, 0.1) is 0 Å². The molecule has 1 saturated heterocycles. The van der Waals surface area contributed by atoms with Crippen molar-refractivity contribution in [3.05, 3.63) is 71.8 Å². The first-order valence-electron chi connectivity index (χ1n) is 10.7. The Labute approximate surface area is 174 Å². The van der Waals surface area contributed by atoms with Gasteiger partial charge in [-0.2, -0.15) is 0 Å². The number of nitrogens with two attached hydrogens (primary N) is 1. The number of benzene rings is 2. The highest BCUT2D eigenvalue weighted by molar-refractivity contribution is 5.76. The lowest BCUT2D eigenvalue weighted by molar-refractivity contribution is -0.121. The third-order valence-electron chi connectivity index (χ3n) is 5.41. The number of likely N-dealkylation sites (tertiary alicyclic amines) is 1. The molecule has 1 unspecified atom stereocenters. The van der Waals surface area contributed by atoms with Crippen LogP contribution in [0.2, 0.25) is 0 Å². The van der Waals surface area contributed by atoms with Crippen LogP contribution in [-0.4, -0.2) is 43.2 Å². The predicted octanol–water partition coefficient (Wildman–Crippen LogP) is 3.26. The zero-order valence-corrected chi connectivity index (χ0v) is 17.1. The highest BCUT2D eigenvalue weighted by Crippen LogP contribution is 2.16. The number of amides is 1. The van der Waals surface area contributed by atoms with Crippen molar-refractivity contribution in [2.45, 2.75) is 44.4 Å². The second kappa shape index (κ2) is 11.7. The van der Waals surface area contributed by atoms with Crippen molar-refractivity contribution in [3.8, 4) is 0 Å². The molecule has 5 nitrogen and oxygen atoms in total. The molecule has 1 heterocycles. The van der Waals surface area contributed by atoms with E-state index < -0.39 is 0 Å². The summed E-state index contributed by atoms with van der Waals surface area (Å²) in [5.41, 5.74) is 8.45. The normalized spacial score (nSPS) is 16.4. The Morgan fingerprint density at radius 2 is 1.72 bits per heavy atom. The SMILES string of the molecule is NC(CC(=O)NCCCOC1CCN(Cc2ccccc2)CC1)c1ccccc1. The Kier molecular flexibility index (Phi) is 8.68. The zero-order chi connectivity index (χ0) is 20.3. The molecule has 0 saturated carbocycles. The van der Waals surface area contributed by atoms with E-state index in [0.29, 0.717) is 25.7 Å². The molecule has 0 spiro atoms. The Balaban J connectivity index is 1.23. The molecule has 2 aromatic rings. The van der Waals surface area contributed by atoms with Gasteiger partial charge in [-0.1, -0.05) is 60.7 Å². The number of carbonyl (C=O) groups is 1. The van der Waals surface area contributed by atoms with Gasteiger partial charge in [-0.3, -0.25) is 9.69 Å². The minimum atomic E-state index is -0.256. The minimum Gasteiger partial charge on any atom is -0.378 e. The molecule has 1 atom stereocenters. The number of piperidine rings is 1. The Morgan fingerprint density at radius 1 is 1.07 bits per heavy atom. The molecule has 156 valence electrons. The lowest BCUT2D eigenvalue weighted by Crippen LogP contribution is -2.37. The molecule has 0 aliphatic carbocycles. The van der Waals surface area contributed by atoms with Crippen LogP contribution in [0.25, 0.3) is 0 Å². The molecule has 1 aliphatic rings. The van der Waals surface area contributed by atoms with Crippen LogP contribution in [0.1, 0.15) is 42.9 Å². The maximum atomic E-state index is 12.0. The van der Waals surface area contributed by atoms with E-state index in [-0.39, 0.29) is 11.9 Å². The van der Waals surface area contributed by atoms with Crippen molar-refractivity contribution in [3.63, 3.8) is 0 Å². The van der Waals surface area contributed by atoms with E-state index in [1.165, 1.54) is 5.56 Å². The second-order valence-corrected chi connectivity index (χ2v) is 7.76. The second-order valence-electron chi connectivity index (χ2n) is 7.76. The molecule has 3 N–H and O–H groups in total. The van der Waals surface area contributed by atoms with Gasteiger partial charge in [-0.25, -0.2) is 0 Å². The topological polar surface area (TPSA) is 67.6 Å². The highest BCUT2D eigenvalue weighted by Gasteiger charge is 2.19. The predicted molar refractivity (Wildman–Crippen MR) is 116 cm³/mol. The first-order valence-corrected chi connectivity index (χ1v) is 10.7. The lowest BCUT2D eigenvalue weighted by atomic mass is 10.0. The Morgan fingerprint density at radius 3 is 2.41 bits per heavy atom. The van der Waals surface area contributed by atoms with Crippen LogP contribution in [0.5, 0.6) is 0 Å². The van der Waals surface area contributed by atoms with E-state index in [1.807, 2.05) is 30.3 Å². The van der Waals surface area contributed by atoms with Crippen molar-refractivity contribution < 1.29 is 9.53 Å². The van der Waals surface area contributed by atoms with Gasteiger partial charge in [0.15, 0.2) is 0 Å². The standard InChI is InChI=1S/C24H33N3O2/c25-23(21-10-5-2-6-11-21)18-24(28)26-14-7-17-29-22-12-15-27(16-13-22)19-20-8-3-1-4-9-20/h1-6,8-11,22-23H,7,12-19,25H2,(H,26,28). The molecular weight excluding hydrogens is 362 g/mol. The molecule has 0 bridgehead atoms. The summed E-state index contributed by atoms with van der Waals surface area (Å²) in [6.07, 6.45) is 3.63. The molecule has 1 aliphatic heterocycles. The van der Waals surface area contributed by atoms with E-state index in [9.17, 15) is 4.79 Å². The monoisotopic (exact) mass is 395 g/mol. The van der Waals surface area contributed by atoms with E-state index in [0.717, 1.165) is 44.5 Å². The number of hydrogen-bond donors (Lipinski definition) is 2. The quantitative estimate of drug-likeness (QED) is 0.606.